The van der Waals surface area contributed by atoms with Crippen LogP contribution in [0.4, 0.5) is 5.13 Å². The first-order valence-corrected chi connectivity index (χ1v) is 16.5. The molecule has 44 heavy (non-hydrogen) atoms. The number of ether oxygens (including phenoxy) is 2. The molecule has 0 bridgehead atoms. The zero-order valence-electron chi connectivity index (χ0n) is 25.0. The highest BCUT2D eigenvalue weighted by Crippen LogP contribution is 2.44. The van der Waals surface area contributed by atoms with E-state index >= 15 is 0 Å². The molecule has 0 spiro atoms. The van der Waals surface area contributed by atoms with Crippen LogP contribution in [-0.2, 0) is 15.3 Å². The molecule has 0 saturated carbocycles. The molecule has 1 fully saturated rings. The molecule has 8 nitrogen and oxygen atoms in total. The van der Waals surface area contributed by atoms with Crippen LogP contribution in [0.25, 0.3) is 5.76 Å². The lowest BCUT2D eigenvalue weighted by Crippen LogP contribution is -2.29. The molecule has 5 rings (SSSR count). The van der Waals surface area contributed by atoms with Crippen LogP contribution in [0.15, 0.2) is 82.7 Å². The topological polar surface area (TPSA) is 102 Å². The maximum Gasteiger partial charge on any atom is 0.301 e. The summed E-state index contributed by atoms with van der Waals surface area (Å²) in [4.78, 5) is 28.5. The summed E-state index contributed by atoms with van der Waals surface area (Å²) < 4.78 is 12.2. The van der Waals surface area contributed by atoms with E-state index in [1.54, 1.807) is 48.5 Å². The lowest BCUT2D eigenvalue weighted by atomic mass is 9.95. The minimum Gasteiger partial charge on any atom is -0.507 e. The molecule has 4 aromatic rings. The van der Waals surface area contributed by atoms with Crippen LogP contribution >= 0.6 is 23.1 Å². The molecule has 1 atom stereocenters. The molecule has 0 aliphatic carbocycles. The lowest BCUT2D eigenvalue weighted by molar-refractivity contribution is -0.132. The van der Waals surface area contributed by atoms with E-state index in [4.69, 9.17) is 9.47 Å². The van der Waals surface area contributed by atoms with Crippen molar-refractivity contribution in [1.29, 1.82) is 0 Å². The van der Waals surface area contributed by atoms with Crippen molar-refractivity contribution >= 4 is 45.7 Å². The predicted molar refractivity (Wildman–Crippen MR) is 175 cm³/mol. The number of rotatable bonds is 13. The van der Waals surface area contributed by atoms with Gasteiger partial charge in [0.05, 0.1) is 24.8 Å². The summed E-state index contributed by atoms with van der Waals surface area (Å²) >= 11 is 2.75. The van der Waals surface area contributed by atoms with Crippen molar-refractivity contribution in [2.24, 2.45) is 0 Å². The molecule has 1 aromatic heterocycles. The minimum absolute atomic E-state index is 0.0130. The van der Waals surface area contributed by atoms with Gasteiger partial charge >= 0.3 is 5.91 Å². The van der Waals surface area contributed by atoms with Crippen molar-refractivity contribution in [2.45, 2.75) is 56.2 Å². The molecular weight excluding hydrogens is 595 g/mol. The molecule has 1 aliphatic rings. The fraction of sp³-hybridized carbons (Fsp3) is 0.294. The number of thioether (sulfide) groups is 1. The SMILES string of the molecule is CCCCOc1ccc(/C(O)=C2\C(=O)C(=O)N(c3nnc(SCc4ccc(C)cc4)s3)C2c2ccc(OCCC)cc2)cc1. The number of unbranched alkanes of at least 4 members (excludes halogenated alkanes) is 1. The van der Waals surface area contributed by atoms with Crippen LogP contribution in [-0.4, -0.2) is 40.2 Å². The number of ketones is 1. The highest BCUT2D eigenvalue weighted by molar-refractivity contribution is 8.00. The standard InChI is InChI=1S/C34H35N3O5S2/c1-4-6-20-42-27-17-13-25(14-18-27)30(38)28-29(24-11-15-26(16-12-24)41-19-5-2)37(32(40)31(28)39)33-35-36-34(44-33)43-21-23-9-7-22(3)8-10-23/h7-18,29,38H,4-6,19-21H2,1-3H3/b30-28+. The van der Waals surface area contributed by atoms with Crippen LogP contribution in [0.5, 0.6) is 11.5 Å². The van der Waals surface area contributed by atoms with E-state index in [0.29, 0.717) is 45.9 Å². The monoisotopic (exact) mass is 629 g/mol. The lowest BCUT2D eigenvalue weighted by Gasteiger charge is -2.22. The zero-order valence-corrected chi connectivity index (χ0v) is 26.6. The Bertz CT molecular complexity index is 1620. The first-order valence-electron chi connectivity index (χ1n) is 14.7. The van der Waals surface area contributed by atoms with Crippen LogP contribution in [0, 0.1) is 6.92 Å². The Kier molecular flexibility index (Phi) is 10.3. The average Bonchev–Trinajstić information content (AvgIpc) is 3.61. The minimum atomic E-state index is -0.904. The van der Waals surface area contributed by atoms with E-state index in [-0.39, 0.29) is 16.5 Å². The number of hydrogen-bond acceptors (Lipinski definition) is 9. The second-order valence-electron chi connectivity index (χ2n) is 10.4. The van der Waals surface area contributed by atoms with Crippen LogP contribution in [0.2, 0.25) is 0 Å². The number of hydrogen-bond donors (Lipinski definition) is 1. The van der Waals surface area contributed by atoms with Gasteiger partial charge in [0.2, 0.25) is 5.13 Å². The molecule has 1 amide bonds. The van der Waals surface area contributed by atoms with E-state index in [1.165, 1.54) is 33.6 Å². The molecule has 10 heteroatoms. The summed E-state index contributed by atoms with van der Waals surface area (Å²) in [6, 6.07) is 21.4. The summed E-state index contributed by atoms with van der Waals surface area (Å²) in [5.74, 6) is 0.214. The predicted octanol–water partition coefficient (Wildman–Crippen LogP) is 7.73. The Morgan fingerprint density at radius 1 is 0.886 bits per heavy atom. The summed E-state index contributed by atoms with van der Waals surface area (Å²) in [5, 5.41) is 20.4. The second kappa shape index (κ2) is 14.5. The Morgan fingerprint density at radius 3 is 2.20 bits per heavy atom. The van der Waals surface area contributed by atoms with Crippen molar-refractivity contribution < 1.29 is 24.2 Å². The first-order chi connectivity index (χ1) is 21.4. The molecule has 228 valence electrons. The van der Waals surface area contributed by atoms with Gasteiger partial charge in [0.25, 0.3) is 5.78 Å². The molecule has 1 unspecified atom stereocenters. The van der Waals surface area contributed by atoms with Crippen molar-refractivity contribution in [1.82, 2.24) is 10.2 Å². The van der Waals surface area contributed by atoms with Gasteiger partial charge in [0, 0.05) is 11.3 Å². The number of carbonyl (C=O) groups is 2. The van der Waals surface area contributed by atoms with Crippen LogP contribution in [0.1, 0.15) is 61.4 Å². The van der Waals surface area contributed by atoms with Gasteiger partial charge in [-0.3, -0.25) is 14.5 Å². The third kappa shape index (κ3) is 7.14. The summed E-state index contributed by atoms with van der Waals surface area (Å²) in [5.41, 5.74) is 3.36. The second-order valence-corrected chi connectivity index (χ2v) is 12.6. The van der Waals surface area contributed by atoms with E-state index < -0.39 is 17.7 Å². The molecule has 3 aromatic carbocycles. The van der Waals surface area contributed by atoms with Gasteiger partial charge in [-0.05, 0) is 67.3 Å². The Morgan fingerprint density at radius 2 is 1.55 bits per heavy atom. The van der Waals surface area contributed by atoms with Crippen molar-refractivity contribution in [3.8, 4) is 11.5 Å². The number of Topliss-reactive ketones (excluding diaryl/α,β-unsaturated/α-hetero) is 1. The third-order valence-electron chi connectivity index (χ3n) is 7.09. The average molecular weight is 630 g/mol. The van der Waals surface area contributed by atoms with Crippen molar-refractivity contribution in [3.63, 3.8) is 0 Å². The third-order valence-corrected chi connectivity index (χ3v) is 9.22. The summed E-state index contributed by atoms with van der Waals surface area (Å²) in [7, 11) is 0. The molecule has 0 radical (unpaired) electrons. The highest BCUT2D eigenvalue weighted by Gasteiger charge is 2.48. The fourth-order valence-corrected chi connectivity index (χ4v) is 6.52. The number of anilines is 1. The largest absolute Gasteiger partial charge is 0.507 e. The van der Waals surface area contributed by atoms with Gasteiger partial charge in [-0.15, -0.1) is 10.2 Å². The molecule has 1 aliphatic heterocycles. The smallest absolute Gasteiger partial charge is 0.301 e. The number of aromatic nitrogens is 2. The van der Waals surface area contributed by atoms with Crippen molar-refractivity contribution in [2.75, 3.05) is 18.1 Å². The first kappa shape index (κ1) is 31.3. The Hall–Kier alpha value is -4.15. The normalized spacial score (nSPS) is 16.0. The Labute approximate surface area is 265 Å². The molecule has 1 saturated heterocycles. The van der Waals surface area contributed by atoms with Gasteiger partial charge in [-0.1, -0.05) is 85.3 Å². The number of aliphatic hydroxyl groups is 1. The van der Waals surface area contributed by atoms with Gasteiger partial charge in [-0.2, -0.15) is 0 Å². The molecular formula is C34H35N3O5S2. The van der Waals surface area contributed by atoms with E-state index in [9.17, 15) is 14.7 Å². The van der Waals surface area contributed by atoms with Gasteiger partial charge in [-0.25, -0.2) is 0 Å². The van der Waals surface area contributed by atoms with Crippen LogP contribution < -0.4 is 14.4 Å². The summed E-state index contributed by atoms with van der Waals surface area (Å²) in [6.45, 7) is 7.33. The summed E-state index contributed by atoms with van der Waals surface area (Å²) in [6.07, 6.45) is 2.82. The van der Waals surface area contributed by atoms with Crippen LogP contribution in [0.3, 0.4) is 0 Å². The van der Waals surface area contributed by atoms with Gasteiger partial charge in [0.15, 0.2) is 4.34 Å². The zero-order chi connectivity index (χ0) is 31.1. The highest BCUT2D eigenvalue weighted by atomic mass is 32.2. The number of benzene rings is 3. The van der Waals surface area contributed by atoms with E-state index in [2.05, 4.69) is 41.4 Å². The Balaban J connectivity index is 1.48. The van der Waals surface area contributed by atoms with Gasteiger partial charge < -0.3 is 14.6 Å². The molecule has 2 heterocycles. The van der Waals surface area contributed by atoms with Crippen molar-refractivity contribution in [3.05, 3.63) is 101 Å². The van der Waals surface area contributed by atoms with E-state index in [1.807, 2.05) is 13.8 Å². The number of aryl methyl sites for hydroxylation is 1. The number of amides is 1. The quantitative estimate of drug-likeness (QED) is 0.0400. The maximum atomic E-state index is 13.6. The maximum absolute atomic E-state index is 13.6. The fourth-order valence-electron chi connectivity index (χ4n) is 4.70. The number of nitrogens with zero attached hydrogens (tertiary/aromatic N) is 3. The number of carbonyl (C=O) groups excluding carboxylic acids is 2. The molecule has 1 N–H and O–H groups in total. The number of aliphatic hydroxyl groups excluding tert-OH is 1. The van der Waals surface area contributed by atoms with E-state index in [0.717, 1.165) is 24.8 Å². The van der Waals surface area contributed by atoms with Gasteiger partial charge in [0.1, 0.15) is 17.3 Å².